The lowest BCUT2D eigenvalue weighted by atomic mass is 10.2. The molecule has 1 saturated heterocycles. The van der Waals surface area contributed by atoms with E-state index in [4.69, 9.17) is 4.74 Å². The van der Waals surface area contributed by atoms with Crippen LogP contribution in [0.1, 0.15) is 10.5 Å². The first kappa shape index (κ1) is 12.1. The molecule has 1 aliphatic rings. The number of carbonyl (C=O) groups excluding carboxylic acids is 1. The number of H-pyrrole nitrogens is 1. The average Bonchev–Trinajstić information content (AvgIpc) is 2.90. The molecule has 2 aromatic rings. The summed E-state index contributed by atoms with van der Waals surface area (Å²) in [6, 6.07) is 7.58. The molecule has 0 bridgehead atoms. The SMILES string of the molecule is O=C(NC[C@H]1CNCCO1)c1n[nH]c2ccccc12. The molecule has 1 atom stereocenters. The number of amides is 1. The number of nitrogens with one attached hydrogen (secondary N) is 3. The van der Waals surface area contributed by atoms with Crippen LogP contribution in [0.2, 0.25) is 0 Å². The fourth-order valence-electron chi connectivity index (χ4n) is 2.18. The summed E-state index contributed by atoms with van der Waals surface area (Å²) in [4.78, 5) is 12.1. The Morgan fingerprint density at radius 1 is 1.47 bits per heavy atom. The molecule has 0 unspecified atom stereocenters. The monoisotopic (exact) mass is 260 g/mol. The Kier molecular flexibility index (Phi) is 3.43. The Bertz CT molecular complexity index is 575. The minimum absolute atomic E-state index is 0.0305. The molecule has 6 heteroatoms. The van der Waals surface area contributed by atoms with Gasteiger partial charge in [0.1, 0.15) is 0 Å². The van der Waals surface area contributed by atoms with Crippen molar-refractivity contribution in [1.29, 1.82) is 0 Å². The van der Waals surface area contributed by atoms with Crippen molar-refractivity contribution in [1.82, 2.24) is 20.8 Å². The van der Waals surface area contributed by atoms with Gasteiger partial charge in [0.2, 0.25) is 0 Å². The van der Waals surface area contributed by atoms with Crippen LogP contribution in [-0.2, 0) is 4.74 Å². The number of morpholine rings is 1. The van der Waals surface area contributed by atoms with E-state index in [-0.39, 0.29) is 12.0 Å². The molecule has 0 saturated carbocycles. The number of hydrogen-bond acceptors (Lipinski definition) is 4. The van der Waals surface area contributed by atoms with Crippen LogP contribution in [0.5, 0.6) is 0 Å². The second-order valence-corrected chi connectivity index (χ2v) is 4.52. The number of rotatable bonds is 3. The van der Waals surface area contributed by atoms with E-state index in [1.54, 1.807) is 0 Å². The lowest BCUT2D eigenvalue weighted by Crippen LogP contribution is -2.45. The van der Waals surface area contributed by atoms with Crippen molar-refractivity contribution >= 4 is 16.8 Å². The predicted octanol–water partition coefficient (Wildman–Crippen LogP) is 0.281. The van der Waals surface area contributed by atoms with Gasteiger partial charge < -0.3 is 15.4 Å². The summed E-state index contributed by atoms with van der Waals surface area (Å²) >= 11 is 0. The van der Waals surface area contributed by atoms with Crippen LogP contribution in [0.3, 0.4) is 0 Å². The van der Waals surface area contributed by atoms with Crippen LogP contribution >= 0.6 is 0 Å². The maximum Gasteiger partial charge on any atom is 0.272 e. The first-order valence-electron chi connectivity index (χ1n) is 6.38. The second-order valence-electron chi connectivity index (χ2n) is 4.52. The first-order chi connectivity index (χ1) is 9.34. The number of fused-ring (bicyclic) bond motifs is 1. The van der Waals surface area contributed by atoms with Crippen LogP contribution in [0.15, 0.2) is 24.3 Å². The van der Waals surface area contributed by atoms with Crippen LogP contribution < -0.4 is 10.6 Å². The number of benzene rings is 1. The molecule has 1 aliphatic heterocycles. The van der Waals surface area contributed by atoms with Gasteiger partial charge in [0.15, 0.2) is 5.69 Å². The topological polar surface area (TPSA) is 79.0 Å². The van der Waals surface area contributed by atoms with Gasteiger partial charge in [-0.05, 0) is 6.07 Å². The van der Waals surface area contributed by atoms with Crippen molar-refractivity contribution in [3.8, 4) is 0 Å². The van der Waals surface area contributed by atoms with Gasteiger partial charge in [-0.2, -0.15) is 5.10 Å². The number of aromatic nitrogens is 2. The normalized spacial score (nSPS) is 19.5. The molecule has 1 aromatic heterocycles. The Labute approximate surface area is 110 Å². The predicted molar refractivity (Wildman–Crippen MR) is 71.0 cm³/mol. The van der Waals surface area contributed by atoms with E-state index in [1.165, 1.54) is 0 Å². The van der Waals surface area contributed by atoms with Crippen molar-refractivity contribution in [2.75, 3.05) is 26.2 Å². The molecule has 3 rings (SSSR count). The van der Waals surface area contributed by atoms with E-state index in [9.17, 15) is 4.79 Å². The minimum Gasteiger partial charge on any atom is -0.374 e. The zero-order chi connectivity index (χ0) is 13.1. The third-order valence-corrected chi connectivity index (χ3v) is 3.18. The largest absolute Gasteiger partial charge is 0.374 e. The Morgan fingerprint density at radius 2 is 2.37 bits per heavy atom. The number of para-hydroxylation sites is 1. The summed E-state index contributed by atoms with van der Waals surface area (Å²) in [7, 11) is 0. The molecule has 1 aromatic carbocycles. The second kappa shape index (κ2) is 5.38. The molecule has 0 aliphatic carbocycles. The Hall–Kier alpha value is -1.92. The van der Waals surface area contributed by atoms with Gasteiger partial charge in [-0.25, -0.2) is 0 Å². The van der Waals surface area contributed by atoms with Crippen molar-refractivity contribution in [3.05, 3.63) is 30.0 Å². The molecular weight excluding hydrogens is 244 g/mol. The highest BCUT2D eigenvalue weighted by Crippen LogP contribution is 2.14. The van der Waals surface area contributed by atoms with E-state index in [2.05, 4.69) is 20.8 Å². The van der Waals surface area contributed by atoms with Crippen molar-refractivity contribution in [3.63, 3.8) is 0 Å². The average molecular weight is 260 g/mol. The number of ether oxygens (including phenoxy) is 1. The lowest BCUT2D eigenvalue weighted by Gasteiger charge is -2.23. The van der Waals surface area contributed by atoms with Crippen LogP contribution in [0.25, 0.3) is 10.9 Å². The van der Waals surface area contributed by atoms with Crippen LogP contribution in [-0.4, -0.2) is 48.4 Å². The molecule has 0 spiro atoms. The third kappa shape index (κ3) is 2.59. The number of carbonyl (C=O) groups is 1. The van der Waals surface area contributed by atoms with Gasteiger partial charge in [0, 0.05) is 25.0 Å². The van der Waals surface area contributed by atoms with Gasteiger partial charge >= 0.3 is 0 Å². The lowest BCUT2D eigenvalue weighted by molar-refractivity contribution is 0.0287. The fourth-order valence-corrected chi connectivity index (χ4v) is 2.18. The van der Waals surface area contributed by atoms with E-state index in [1.807, 2.05) is 24.3 Å². The van der Waals surface area contributed by atoms with Gasteiger partial charge in [-0.3, -0.25) is 9.89 Å². The highest BCUT2D eigenvalue weighted by atomic mass is 16.5. The van der Waals surface area contributed by atoms with E-state index >= 15 is 0 Å². The summed E-state index contributed by atoms with van der Waals surface area (Å²) in [6.07, 6.45) is 0.0305. The zero-order valence-corrected chi connectivity index (χ0v) is 10.5. The minimum atomic E-state index is -0.174. The van der Waals surface area contributed by atoms with Crippen LogP contribution in [0.4, 0.5) is 0 Å². The van der Waals surface area contributed by atoms with Gasteiger partial charge in [-0.1, -0.05) is 18.2 Å². The molecule has 100 valence electrons. The van der Waals surface area contributed by atoms with Gasteiger partial charge in [-0.15, -0.1) is 0 Å². The smallest absolute Gasteiger partial charge is 0.272 e. The summed E-state index contributed by atoms with van der Waals surface area (Å²) < 4.78 is 5.53. The van der Waals surface area contributed by atoms with Gasteiger partial charge in [0.25, 0.3) is 5.91 Å². The highest BCUT2D eigenvalue weighted by Gasteiger charge is 2.17. The zero-order valence-electron chi connectivity index (χ0n) is 10.5. The summed E-state index contributed by atoms with van der Waals surface area (Å²) in [5, 5.41) is 13.8. The molecule has 2 heterocycles. The highest BCUT2D eigenvalue weighted by molar-refractivity contribution is 6.04. The van der Waals surface area contributed by atoms with Crippen molar-refractivity contribution < 1.29 is 9.53 Å². The summed E-state index contributed by atoms with van der Waals surface area (Å²) in [5.41, 5.74) is 1.29. The molecule has 1 fully saturated rings. The van der Waals surface area contributed by atoms with Crippen molar-refractivity contribution in [2.45, 2.75) is 6.10 Å². The molecule has 6 nitrogen and oxygen atoms in total. The molecule has 19 heavy (non-hydrogen) atoms. The first-order valence-corrected chi connectivity index (χ1v) is 6.38. The number of aromatic amines is 1. The maximum absolute atomic E-state index is 12.1. The fraction of sp³-hybridized carbons (Fsp3) is 0.385. The summed E-state index contributed by atoms with van der Waals surface area (Å²) in [5.74, 6) is -0.174. The van der Waals surface area contributed by atoms with E-state index in [0.29, 0.717) is 18.8 Å². The summed E-state index contributed by atoms with van der Waals surface area (Å²) in [6.45, 7) is 2.81. The maximum atomic E-state index is 12.1. The molecule has 0 radical (unpaired) electrons. The quantitative estimate of drug-likeness (QED) is 0.740. The molecule has 3 N–H and O–H groups in total. The van der Waals surface area contributed by atoms with Gasteiger partial charge in [0.05, 0.1) is 18.2 Å². The Balaban J connectivity index is 1.66. The van der Waals surface area contributed by atoms with E-state index < -0.39 is 0 Å². The van der Waals surface area contributed by atoms with E-state index in [0.717, 1.165) is 24.0 Å². The third-order valence-electron chi connectivity index (χ3n) is 3.18. The number of hydrogen-bond donors (Lipinski definition) is 3. The Morgan fingerprint density at radius 3 is 3.21 bits per heavy atom. The van der Waals surface area contributed by atoms with Crippen molar-refractivity contribution in [2.24, 2.45) is 0 Å². The molecule has 1 amide bonds. The molecular formula is C13H16N4O2. The standard InChI is InChI=1S/C13H16N4O2/c18-13(15-8-9-7-14-5-6-19-9)12-10-3-1-2-4-11(10)16-17-12/h1-4,9,14H,5-8H2,(H,15,18)(H,16,17)/t9-/m1/s1. The number of nitrogens with zero attached hydrogens (tertiary/aromatic N) is 1. The van der Waals surface area contributed by atoms with Crippen LogP contribution in [0, 0.1) is 0 Å².